The lowest BCUT2D eigenvalue weighted by Gasteiger charge is -2.22. The SMILES string of the molecule is Cc1ccc([N+](=O)[O-])c(NCC(C)(C)CO)c1. The predicted molar refractivity (Wildman–Crippen MR) is 67.2 cm³/mol. The van der Waals surface area contributed by atoms with Crippen LogP contribution < -0.4 is 5.32 Å². The van der Waals surface area contributed by atoms with Crippen molar-refractivity contribution >= 4 is 11.4 Å². The second-order valence-electron chi connectivity index (χ2n) is 4.95. The zero-order chi connectivity index (χ0) is 13.1. The minimum Gasteiger partial charge on any atom is -0.396 e. The normalized spacial score (nSPS) is 11.3. The van der Waals surface area contributed by atoms with E-state index in [2.05, 4.69) is 5.32 Å². The molecule has 0 unspecified atom stereocenters. The van der Waals surface area contributed by atoms with Gasteiger partial charge in [-0.2, -0.15) is 0 Å². The lowest BCUT2D eigenvalue weighted by molar-refractivity contribution is -0.384. The molecule has 0 aliphatic rings. The Morgan fingerprint density at radius 1 is 1.47 bits per heavy atom. The topological polar surface area (TPSA) is 75.4 Å². The molecule has 0 amide bonds. The van der Waals surface area contributed by atoms with E-state index in [9.17, 15) is 10.1 Å². The number of rotatable bonds is 5. The Hall–Kier alpha value is -1.62. The number of nitro groups is 1. The fraction of sp³-hybridized carbons (Fsp3) is 0.500. The first kappa shape index (κ1) is 13.4. The molecule has 0 fully saturated rings. The van der Waals surface area contributed by atoms with Crippen LogP contribution in [0.1, 0.15) is 19.4 Å². The lowest BCUT2D eigenvalue weighted by Crippen LogP contribution is -2.27. The summed E-state index contributed by atoms with van der Waals surface area (Å²) in [5.74, 6) is 0. The van der Waals surface area contributed by atoms with Gasteiger partial charge in [0.2, 0.25) is 0 Å². The van der Waals surface area contributed by atoms with Crippen molar-refractivity contribution in [1.82, 2.24) is 0 Å². The monoisotopic (exact) mass is 238 g/mol. The molecule has 5 nitrogen and oxygen atoms in total. The molecule has 0 bridgehead atoms. The van der Waals surface area contributed by atoms with E-state index in [1.807, 2.05) is 20.8 Å². The second kappa shape index (κ2) is 5.14. The summed E-state index contributed by atoms with van der Waals surface area (Å²) in [5.41, 5.74) is 1.21. The third-order valence-corrected chi connectivity index (χ3v) is 2.53. The van der Waals surface area contributed by atoms with Crippen LogP contribution in [0.5, 0.6) is 0 Å². The molecule has 0 spiro atoms. The first-order valence-corrected chi connectivity index (χ1v) is 5.45. The Morgan fingerprint density at radius 3 is 2.65 bits per heavy atom. The van der Waals surface area contributed by atoms with Crippen LogP contribution in [0.2, 0.25) is 0 Å². The maximum Gasteiger partial charge on any atom is 0.292 e. The molecule has 1 aromatic carbocycles. The van der Waals surface area contributed by atoms with E-state index in [-0.39, 0.29) is 17.7 Å². The van der Waals surface area contributed by atoms with Crippen LogP contribution in [0.25, 0.3) is 0 Å². The van der Waals surface area contributed by atoms with E-state index in [0.29, 0.717) is 12.2 Å². The second-order valence-corrected chi connectivity index (χ2v) is 4.95. The summed E-state index contributed by atoms with van der Waals surface area (Å²) in [7, 11) is 0. The number of benzene rings is 1. The van der Waals surface area contributed by atoms with Crippen LogP contribution >= 0.6 is 0 Å². The van der Waals surface area contributed by atoms with E-state index in [1.54, 1.807) is 12.1 Å². The summed E-state index contributed by atoms with van der Waals surface area (Å²) < 4.78 is 0. The molecule has 1 rings (SSSR count). The number of hydrogen-bond acceptors (Lipinski definition) is 4. The first-order chi connectivity index (χ1) is 7.85. The zero-order valence-corrected chi connectivity index (χ0v) is 10.4. The van der Waals surface area contributed by atoms with Gasteiger partial charge in [0.05, 0.1) is 4.92 Å². The van der Waals surface area contributed by atoms with Gasteiger partial charge < -0.3 is 10.4 Å². The van der Waals surface area contributed by atoms with E-state index in [0.717, 1.165) is 5.56 Å². The van der Waals surface area contributed by atoms with Gasteiger partial charge in [0.25, 0.3) is 5.69 Å². The molecule has 5 heteroatoms. The van der Waals surface area contributed by atoms with Gasteiger partial charge in [0.15, 0.2) is 0 Å². The van der Waals surface area contributed by atoms with Crippen molar-refractivity contribution in [3.8, 4) is 0 Å². The summed E-state index contributed by atoms with van der Waals surface area (Å²) in [6.45, 7) is 6.17. The van der Waals surface area contributed by atoms with Crippen LogP contribution in [-0.4, -0.2) is 23.2 Å². The molecule has 0 saturated carbocycles. The van der Waals surface area contributed by atoms with Crippen LogP contribution in [-0.2, 0) is 0 Å². The van der Waals surface area contributed by atoms with Gasteiger partial charge >= 0.3 is 0 Å². The molecular weight excluding hydrogens is 220 g/mol. The Labute approximate surface area is 101 Å². The van der Waals surface area contributed by atoms with Crippen molar-refractivity contribution < 1.29 is 10.0 Å². The molecule has 0 heterocycles. The number of nitrogens with zero attached hydrogens (tertiary/aromatic N) is 1. The molecule has 1 aromatic rings. The number of nitrogens with one attached hydrogen (secondary N) is 1. The Kier molecular flexibility index (Phi) is 4.07. The smallest absolute Gasteiger partial charge is 0.292 e. The van der Waals surface area contributed by atoms with Crippen LogP contribution in [0.15, 0.2) is 18.2 Å². The van der Waals surface area contributed by atoms with Crippen molar-refractivity contribution in [3.63, 3.8) is 0 Å². The maximum atomic E-state index is 10.8. The van der Waals surface area contributed by atoms with Gasteiger partial charge in [-0.05, 0) is 18.6 Å². The van der Waals surface area contributed by atoms with E-state index in [1.165, 1.54) is 6.07 Å². The van der Waals surface area contributed by atoms with E-state index < -0.39 is 4.92 Å². The van der Waals surface area contributed by atoms with E-state index >= 15 is 0 Å². The van der Waals surface area contributed by atoms with E-state index in [4.69, 9.17) is 5.11 Å². The van der Waals surface area contributed by atoms with Gasteiger partial charge in [-0.1, -0.05) is 19.9 Å². The summed E-state index contributed by atoms with van der Waals surface area (Å²) in [6, 6.07) is 4.94. The Bertz CT molecular complexity index is 416. The predicted octanol–water partition coefficient (Wildman–Crippen LogP) is 2.33. The number of aliphatic hydroxyl groups excluding tert-OH is 1. The molecule has 0 saturated heterocycles. The quantitative estimate of drug-likeness (QED) is 0.609. The molecule has 0 aliphatic carbocycles. The van der Waals surface area contributed by atoms with Gasteiger partial charge in [0, 0.05) is 24.6 Å². The molecule has 2 N–H and O–H groups in total. The highest BCUT2D eigenvalue weighted by Gasteiger charge is 2.19. The maximum absolute atomic E-state index is 10.8. The van der Waals surface area contributed by atoms with Crippen LogP contribution in [0.3, 0.4) is 0 Å². The largest absolute Gasteiger partial charge is 0.396 e. The molecule has 0 aliphatic heterocycles. The van der Waals surface area contributed by atoms with Crippen LogP contribution in [0, 0.1) is 22.5 Å². The van der Waals surface area contributed by atoms with Crippen molar-refractivity contribution in [2.75, 3.05) is 18.5 Å². The third kappa shape index (κ3) is 3.71. The third-order valence-electron chi connectivity index (χ3n) is 2.53. The molecule has 17 heavy (non-hydrogen) atoms. The fourth-order valence-electron chi connectivity index (χ4n) is 1.34. The number of aliphatic hydroxyl groups is 1. The van der Waals surface area contributed by atoms with Gasteiger partial charge in [0.1, 0.15) is 5.69 Å². The van der Waals surface area contributed by atoms with Gasteiger partial charge in [-0.15, -0.1) is 0 Å². The molecule has 0 aromatic heterocycles. The minimum atomic E-state index is -0.409. The first-order valence-electron chi connectivity index (χ1n) is 5.45. The number of hydrogen-bond donors (Lipinski definition) is 2. The summed E-state index contributed by atoms with van der Waals surface area (Å²) in [6.07, 6.45) is 0. The molecule has 0 radical (unpaired) electrons. The van der Waals surface area contributed by atoms with Crippen molar-refractivity contribution in [2.45, 2.75) is 20.8 Å². The molecule has 0 atom stereocenters. The summed E-state index contributed by atoms with van der Waals surface area (Å²) in [5, 5.41) is 23.0. The van der Waals surface area contributed by atoms with Crippen LogP contribution in [0.4, 0.5) is 11.4 Å². The van der Waals surface area contributed by atoms with Crippen molar-refractivity contribution in [1.29, 1.82) is 0 Å². The minimum absolute atomic E-state index is 0.0274. The average molecular weight is 238 g/mol. The number of aryl methyl sites for hydroxylation is 1. The highest BCUT2D eigenvalue weighted by atomic mass is 16.6. The number of anilines is 1. The fourth-order valence-corrected chi connectivity index (χ4v) is 1.34. The lowest BCUT2D eigenvalue weighted by atomic mass is 9.95. The standard InChI is InChI=1S/C12H18N2O3/c1-9-4-5-11(14(16)17)10(6-9)13-7-12(2,3)8-15/h4-6,13,15H,7-8H2,1-3H3. The van der Waals surface area contributed by atoms with Crippen molar-refractivity contribution in [3.05, 3.63) is 33.9 Å². The highest BCUT2D eigenvalue weighted by molar-refractivity contribution is 5.62. The van der Waals surface area contributed by atoms with Crippen molar-refractivity contribution in [2.24, 2.45) is 5.41 Å². The summed E-state index contributed by atoms with van der Waals surface area (Å²) in [4.78, 5) is 10.4. The van der Waals surface area contributed by atoms with Gasteiger partial charge in [-0.3, -0.25) is 10.1 Å². The zero-order valence-electron chi connectivity index (χ0n) is 10.4. The average Bonchev–Trinajstić information content (AvgIpc) is 2.26. The molecular formula is C12H18N2O3. The summed E-state index contributed by atoms with van der Waals surface area (Å²) >= 11 is 0. The van der Waals surface area contributed by atoms with Gasteiger partial charge in [-0.25, -0.2) is 0 Å². The number of nitro benzene ring substituents is 1. The Balaban J connectivity index is 2.89. The highest BCUT2D eigenvalue weighted by Crippen LogP contribution is 2.26. The Morgan fingerprint density at radius 2 is 2.12 bits per heavy atom. The molecule has 94 valence electrons.